The lowest BCUT2D eigenvalue weighted by molar-refractivity contribution is -0.144. The van der Waals surface area contributed by atoms with E-state index in [1.165, 1.54) is 13.8 Å². The predicted octanol–water partition coefficient (Wildman–Crippen LogP) is -4.67. The summed E-state index contributed by atoms with van der Waals surface area (Å²) in [5.41, 5.74) is 22.0. The number of guanidine groups is 1. The SMILES string of the molecule is CC[C@H](C)[C@H](N)C(=O)N[C@@H](CC(=O)O)C(=O)N[C@@H](CCC(N)=O)C(=O)N[C@@H](CCC(N)=O)C(=O)N[C@H](C(=O)N[C@@H](CC(C)C)C(=O)N[C@@H](CO)C(=O)N[C@@H](CCCNC(=N)N)C(=O)N[C@H](C(=O)O)[C@@H](C)CC)C(C)C. The van der Waals surface area contributed by atoms with Crippen molar-refractivity contribution in [3.8, 4) is 0 Å². The average molecular weight is 1070 g/mol. The number of carboxylic acids is 2. The van der Waals surface area contributed by atoms with Gasteiger partial charge in [-0.1, -0.05) is 68.2 Å². The van der Waals surface area contributed by atoms with Gasteiger partial charge in [0, 0.05) is 19.4 Å². The predicted molar refractivity (Wildman–Crippen MR) is 270 cm³/mol. The van der Waals surface area contributed by atoms with Crippen LogP contribution >= 0.6 is 0 Å². The van der Waals surface area contributed by atoms with Crippen molar-refractivity contribution in [1.29, 1.82) is 5.41 Å². The molecule has 0 aliphatic carbocycles. The second-order valence-corrected chi connectivity index (χ2v) is 19.1. The molecule has 0 unspecified atom stereocenters. The number of carbonyl (C=O) groups is 12. The molecule has 10 amide bonds. The van der Waals surface area contributed by atoms with Gasteiger partial charge in [0.2, 0.25) is 59.1 Å². The van der Waals surface area contributed by atoms with Crippen molar-refractivity contribution in [2.24, 2.45) is 46.6 Å². The number of carbonyl (C=O) groups excluding carboxylic acids is 10. The fraction of sp³-hybridized carbons (Fsp3) is 0.717. The Morgan fingerprint density at radius 2 is 0.907 bits per heavy atom. The number of rotatable bonds is 37. The number of hydrogen-bond acceptors (Lipinski definition) is 15. The van der Waals surface area contributed by atoms with Crippen molar-refractivity contribution < 1.29 is 72.9 Å². The molecular formula is C46H82N14O15. The summed E-state index contributed by atoms with van der Waals surface area (Å²) >= 11 is 0. The fourth-order valence-electron chi connectivity index (χ4n) is 7.05. The maximum atomic E-state index is 14.0. The van der Waals surface area contributed by atoms with Crippen LogP contribution in [-0.4, -0.2) is 160 Å². The summed E-state index contributed by atoms with van der Waals surface area (Å²) in [4.78, 5) is 156. The van der Waals surface area contributed by atoms with Gasteiger partial charge in [-0.05, 0) is 55.8 Å². The molecule has 0 radical (unpaired) electrons. The number of carboxylic acid groups (broad SMARTS) is 2. The second-order valence-electron chi connectivity index (χ2n) is 19.1. The highest BCUT2D eigenvalue weighted by Crippen LogP contribution is 2.13. The first-order valence-electron chi connectivity index (χ1n) is 24.8. The normalized spacial score (nSPS) is 15.5. The number of aliphatic hydroxyl groups excluding tert-OH is 1. The van der Waals surface area contributed by atoms with Gasteiger partial charge in [-0.15, -0.1) is 0 Å². The summed E-state index contributed by atoms with van der Waals surface area (Å²) in [6.07, 6.45) is -2.10. The average Bonchev–Trinajstić information content (AvgIpc) is 3.32. The summed E-state index contributed by atoms with van der Waals surface area (Å²) in [5, 5.41) is 58.6. The third-order valence-corrected chi connectivity index (χ3v) is 12.0. The summed E-state index contributed by atoms with van der Waals surface area (Å²) in [6, 6.07) is -13.6. The maximum absolute atomic E-state index is 14.0. The minimum atomic E-state index is -1.76. The summed E-state index contributed by atoms with van der Waals surface area (Å²) in [5.74, 6) is -15.1. The molecule has 29 nitrogen and oxygen atoms in total. The molecule has 426 valence electrons. The molecule has 0 aromatic heterocycles. The van der Waals surface area contributed by atoms with Crippen LogP contribution < -0.4 is 70.8 Å². The largest absolute Gasteiger partial charge is 0.481 e. The number of primary amides is 2. The van der Waals surface area contributed by atoms with Gasteiger partial charge in [-0.25, -0.2) is 4.79 Å². The molecule has 0 rings (SSSR count). The lowest BCUT2D eigenvalue weighted by atomic mass is 9.98. The molecule has 0 fully saturated rings. The molecule has 0 heterocycles. The van der Waals surface area contributed by atoms with Crippen molar-refractivity contribution in [2.75, 3.05) is 13.2 Å². The Bertz CT molecular complexity index is 2010. The molecule has 21 N–H and O–H groups in total. The highest BCUT2D eigenvalue weighted by molar-refractivity contribution is 5.99. The first kappa shape index (κ1) is 67.8. The molecular weight excluding hydrogens is 989 g/mol. The van der Waals surface area contributed by atoms with Crippen molar-refractivity contribution in [3.63, 3.8) is 0 Å². The molecule has 0 aromatic carbocycles. The highest BCUT2D eigenvalue weighted by Gasteiger charge is 2.37. The zero-order valence-corrected chi connectivity index (χ0v) is 44.0. The van der Waals surface area contributed by atoms with E-state index >= 15 is 0 Å². The van der Waals surface area contributed by atoms with Crippen LogP contribution in [0.25, 0.3) is 0 Å². The summed E-state index contributed by atoms with van der Waals surface area (Å²) in [7, 11) is 0. The van der Waals surface area contributed by atoms with Gasteiger partial charge in [0.05, 0.1) is 19.1 Å². The molecule has 0 bridgehead atoms. The van der Waals surface area contributed by atoms with Gasteiger partial charge in [-0.2, -0.15) is 0 Å². The Kier molecular flexibility index (Phi) is 31.1. The van der Waals surface area contributed by atoms with Crippen LogP contribution in [0.4, 0.5) is 0 Å². The Hall–Kier alpha value is -7.17. The fourth-order valence-corrected chi connectivity index (χ4v) is 7.05. The first-order valence-corrected chi connectivity index (χ1v) is 24.8. The Morgan fingerprint density at radius 3 is 1.32 bits per heavy atom. The molecule has 0 spiro atoms. The van der Waals surface area contributed by atoms with E-state index in [0.717, 1.165) is 0 Å². The van der Waals surface area contributed by atoms with Crippen LogP contribution in [-0.2, 0) is 57.5 Å². The number of amides is 10. The first-order chi connectivity index (χ1) is 34.9. The number of nitrogens with one attached hydrogen (secondary N) is 10. The van der Waals surface area contributed by atoms with E-state index in [2.05, 4.69) is 47.9 Å². The molecule has 0 saturated heterocycles. The Balaban J connectivity index is 6.66. The smallest absolute Gasteiger partial charge is 0.326 e. The number of aliphatic carboxylic acids is 2. The van der Waals surface area contributed by atoms with Gasteiger partial charge >= 0.3 is 11.9 Å². The van der Waals surface area contributed by atoms with Crippen molar-refractivity contribution in [2.45, 2.75) is 174 Å². The molecule has 0 aliphatic rings. The van der Waals surface area contributed by atoms with Crippen LogP contribution in [0, 0.1) is 29.1 Å². The Labute approximate surface area is 435 Å². The standard InChI is InChI=1S/C46H82N14O15/c1-9-23(7)34(49)43(72)56-29(19-33(64)65)41(70)55-26(13-15-31(47)62)37(66)54-27(14-16-32(48)63)39(68)59-35(22(5)6)44(73)57-28(18-21(3)4)40(69)58-30(20-61)42(71)53-25(12-11-17-52-46(50)51)38(67)60-36(45(74)75)24(8)10-2/h21-30,34-36,61H,9-20,49H2,1-8H3,(H2,47,62)(H2,48,63)(H,53,71)(H,54,66)(H,55,70)(H,56,72)(H,57,73)(H,58,69)(H,59,68)(H,60,67)(H,64,65)(H,74,75)(H4,50,51,52)/t23-,24-,25-,26-,27-,28-,29-,30-,34-,35-,36-/m0/s1. The molecule has 0 saturated carbocycles. The van der Waals surface area contributed by atoms with Crippen molar-refractivity contribution >= 4 is 77.0 Å². The second kappa shape index (κ2) is 34.3. The van der Waals surface area contributed by atoms with Crippen LogP contribution in [0.3, 0.4) is 0 Å². The summed E-state index contributed by atoms with van der Waals surface area (Å²) in [6.45, 7) is 12.3. The van der Waals surface area contributed by atoms with Crippen molar-refractivity contribution in [3.05, 3.63) is 0 Å². The number of nitrogens with two attached hydrogens (primary N) is 4. The zero-order valence-electron chi connectivity index (χ0n) is 44.0. The van der Waals surface area contributed by atoms with E-state index in [0.29, 0.717) is 12.8 Å². The van der Waals surface area contributed by atoms with E-state index < -0.39 is 176 Å². The third-order valence-electron chi connectivity index (χ3n) is 12.0. The number of aliphatic hydroxyl groups is 1. The molecule has 0 aromatic rings. The molecule has 11 atom stereocenters. The lowest BCUT2D eigenvalue weighted by Gasteiger charge is -2.29. The Morgan fingerprint density at radius 1 is 0.507 bits per heavy atom. The van der Waals surface area contributed by atoms with Gasteiger partial charge < -0.3 is 86.1 Å². The maximum Gasteiger partial charge on any atom is 0.326 e. The minimum absolute atomic E-state index is 0.0617. The van der Waals surface area contributed by atoms with Crippen LogP contribution in [0.15, 0.2) is 0 Å². The third kappa shape index (κ3) is 26.1. The van der Waals surface area contributed by atoms with Crippen LogP contribution in [0.2, 0.25) is 0 Å². The van der Waals surface area contributed by atoms with Crippen molar-refractivity contribution in [1.82, 2.24) is 47.9 Å². The minimum Gasteiger partial charge on any atom is -0.481 e. The van der Waals surface area contributed by atoms with Crippen LogP contribution in [0.5, 0.6) is 0 Å². The molecule has 0 aliphatic heterocycles. The van der Waals surface area contributed by atoms with Crippen LogP contribution in [0.1, 0.15) is 120 Å². The van der Waals surface area contributed by atoms with E-state index in [-0.39, 0.29) is 43.6 Å². The monoisotopic (exact) mass is 1070 g/mol. The van der Waals surface area contributed by atoms with Gasteiger partial charge in [-0.3, -0.25) is 58.1 Å². The van der Waals surface area contributed by atoms with E-state index in [1.807, 2.05) is 0 Å². The van der Waals surface area contributed by atoms with E-state index in [4.69, 9.17) is 28.3 Å². The lowest BCUT2D eigenvalue weighted by Crippen LogP contribution is -2.61. The van der Waals surface area contributed by atoms with E-state index in [9.17, 15) is 72.9 Å². The van der Waals surface area contributed by atoms with Gasteiger partial charge in [0.1, 0.15) is 48.3 Å². The topological polar surface area (TPSA) is 502 Å². The highest BCUT2D eigenvalue weighted by atomic mass is 16.4. The van der Waals surface area contributed by atoms with E-state index in [1.54, 1.807) is 41.5 Å². The molecule has 29 heteroatoms. The van der Waals surface area contributed by atoms with Gasteiger partial charge in [0.25, 0.3) is 0 Å². The quantitative estimate of drug-likeness (QED) is 0.0158. The molecule has 75 heavy (non-hydrogen) atoms. The zero-order chi connectivity index (χ0) is 57.9. The number of hydrogen-bond donors (Lipinski definition) is 17. The summed E-state index contributed by atoms with van der Waals surface area (Å²) < 4.78 is 0. The van der Waals surface area contributed by atoms with Gasteiger partial charge in [0.15, 0.2) is 5.96 Å².